The van der Waals surface area contributed by atoms with Crippen molar-refractivity contribution in [3.63, 3.8) is 0 Å². The minimum Gasteiger partial charge on any atom is -0.355 e. The van der Waals surface area contributed by atoms with Crippen LogP contribution in [0.5, 0.6) is 0 Å². The van der Waals surface area contributed by atoms with Gasteiger partial charge in [0.25, 0.3) is 0 Å². The first-order valence-corrected chi connectivity index (χ1v) is 6.34. The summed E-state index contributed by atoms with van der Waals surface area (Å²) in [4.78, 5) is 22.0. The maximum absolute atomic E-state index is 11.4. The van der Waals surface area contributed by atoms with Gasteiger partial charge in [-0.15, -0.1) is 0 Å². The molecule has 1 aromatic carbocycles. The minimum absolute atomic E-state index is 0.104. The molecule has 2 N–H and O–H groups in total. The van der Waals surface area contributed by atoms with E-state index in [2.05, 4.69) is 26.6 Å². The lowest BCUT2D eigenvalue weighted by atomic mass is 10.2. The number of nitrogens with one attached hydrogen (secondary N) is 2. The van der Waals surface area contributed by atoms with Gasteiger partial charge in [0.15, 0.2) is 0 Å². The molecule has 1 rings (SSSR count). The SMILES string of the molecule is CC(=O)NCCNC(=O)/C=C/c1ccccc1Br. The van der Waals surface area contributed by atoms with Crippen molar-refractivity contribution in [2.24, 2.45) is 0 Å². The van der Waals surface area contributed by atoms with Crippen LogP contribution in [0.4, 0.5) is 0 Å². The van der Waals surface area contributed by atoms with Gasteiger partial charge in [0, 0.05) is 30.6 Å². The van der Waals surface area contributed by atoms with Crippen LogP contribution in [0.3, 0.4) is 0 Å². The molecule has 0 fully saturated rings. The molecule has 0 spiro atoms. The zero-order valence-electron chi connectivity index (χ0n) is 10.1. The van der Waals surface area contributed by atoms with Gasteiger partial charge in [-0.05, 0) is 17.7 Å². The second-order valence-electron chi connectivity index (χ2n) is 3.63. The van der Waals surface area contributed by atoms with Crippen molar-refractivity contribution in [2.75, 3.05) is 13.1 Å². The molecule has 0 saturated carbocycles. The van der Waals surface area contributed by atoms with E-state index in [-0.39, 0.29) is 11.8 Å². The molecule has 0 heterocycles. The third kappa shape index (κ3) is 5.63. The van der Waals surface area contributed by atoms with E-state index < -0.39 is 0 Å². The third-order valence-electron chi connectivity index (χ3n) is 2.12. The van der Waals surface area contributed by atoms with Gasteiger partial charge in [-0.25, -0.2) is 0 Å². The van der Waals surface area contributed by atoms with Crippen LogP contribution in [0.2, 0.25) is 0 Å². The van der Waals surface area contributed by atoms with Crippen molar-refractivity contribution in [2.45, 2.75) is 6.92 Å². The Kier molecular flexibility index (Phi) is 6.14. The Hall–Kier alpha value is -1.62. The monoisotopic (exact) mass is 310 g/mol. The predicted octanol–water partition coefficient (Wildman–Crippen LogP) is 1.71. The average molecular weight is 311 g/mol. The molecule has 0 aromatic heterocycles. The van der Waals surface area contributed by atoms with E-state index in [1.807, 2.05) is 24.3 Å². The molecule has 0 saturated heterocycles. The highest BCUT2D eigenvalue weighted by molar-refractivity contribution is 9.10. The van der Waals surface area contributed by atoms with Crippen LogP contribution >= 0.6 is 15.9 Å². The number of carbonyl (C=O) groups is 2. The van der Waals surface area contributed by atoms with E-state index in [0.717, 1.165) is 10.0 Å². The van der Waals surface area contributed by atoms with Crippen molar-refractivity contribution < 1.29 is 9.59 Å². The van der Waals surface area contributed by atoms with E-state index >= 15 is 0 Å². The molecule has 0 aliphatic heterocycles. The van der Waals surface area contributed by atoms with E-state index in [1.54, 1.807) is 6.08 Å². The molecular weight excluding hydrogens is 296 g/mol. The fourth-order valence-electron chi connectivity index (χ4n) is 1.26. The van der Waals surface area contributed by atoms with Crippen molar-refractivity contribution in [3.05, 3.63) is 40.4 Å². The maximum atomic E-state index is 11.4. The topological polar surface area (TPSA) is 58.2 Å². The summed E-state index contributed by atoms with van der Waals surface area (Å²) in [6, 6.07) is 7.63. The first kappa shape index (κ1) is 14.4. The first-order valence-electron chi connectivity index (χ1n) is 5.54. The second-order valence-corrected chi connectivity index (χ2v) is 4.48. The van der Waals surface area contributed by atoms with Crippen molar-refractivity contribution in [1.29, 1.82) is 0 Å². The number of benzene rings is 1. The molecule has 18 heavy (non-hydrogen) atoms. The summed E-state index contributed by atoms with van der Waals surface area (Å²) in [5.41, 5.74) is 0.939. The Bertz CT molecular complexity index is 458. The van der Waals surface area contributed by atoms with Gasteiger partial charge < -0.3 is 10.6 Å². The summed E-state index contributed by atoms with van der Waals surface area (Å²) in [5, 5.41) is 5.27. The quantitative estimate of drug-likeness (QED) is 0.642. The molecule has 0 unspecified atom stereocenters. The molecular formula is C13H15BrN2O2. The number of rotatable bonds is 5. The standard InChI is InChI=1S/C13H15BrN2O2/c1-10(17)15-8-9-16-13(18)7-6-11-4-2-3-5-12(11)14/h2-7H,8-9H2,1H3,(H,15,17)(H,16,18)/b7-6+. The molecule has 4 nitrogen and oxygen atoms in total. The third-order valence-corrected chi connectivity index (χ3v) is 2.84. The summed E-state index contributed by atoms with van der Waals surface area (Å²) in [7, 11) is 0. The van der Waals surface area contributed by atoms with Crippen LogP contribution in [0, 0.1) is 0 Å². The summed E-state index contributed by atoms with van der Waals surface area (Å²) >= 11 is 3.40. The van der Waals surface area contributed by atoms with Crippen LogP contribution in [-0.2, 0) is 9.59 Å². The summed E-state index contributed by atoms with van der Waals surface area (Å²) in [5.74, 6) is -0.288. The van der Waals surface area contributed by atoms with Crippen molar-refractivity contribution in [1.82, 2.24) is 10.6 Å². The Morgan fingerprint density at radius 1 is 1.22 bits per heavy atom. The fourth-order valence-corrected chi connectivity index (χ4v) is 1.68. The van der Waals surface area contributed by atoms with Gasteiger partial charge in [-0.2, -0.15) is 0 Å². The van der Waals surface area contributed by atoms with Gasteiger partial charge in [0.1, 0.15) is 0 Å². The van der Waals surface area contributed by atoms with Crippen LogP contribution in [0.25, 0.3) is 6.08 Å². The van der Waals surface area contributed by atoms with Gasteiger partial charge in [0.05, 0.1) is 0 Å². The number of carbonyl (C=O) groups excluding carboxylic acids is 2. The Labute approximate surface area is 115 Å². The van der Waals surface area contributed by atoms with Crippen molar-refractivity contribution in [3.8, 4) is 0 Å². The molecule has 2 amide bonds. The molecule has 0 aliphatic carbocycles. The lowest BCUT2D eigenvalue weighted by Gasteiger charge is -2.02. The highest BCUT2D eigenvalue weighted by Crippen LogP contribution is 2.16. The number of hydrogen-bond acceptors (Lipinski definition) is 2. The molecule has 96 valence electrons. The summed E-state index contributed by atoms with van der Waals surface area (Å²) in [6.07, 6.45) is 3.20. The lowest BCUT2D eigenvalue weighted by molar-refractivity contribution is -0.119. The smallest absolute Gasteiger partial charge is 0.244 e. The number of amides is 2. The van der Waals surface area contributed by atoms with Crippen LogP contribution in [-0.4, -0.2) is 24.9 Å². The Morgan fingerprint density at radius 3 is 2.56 bits per heavy atom. The summed E-state index contributed by atoms with van der Waals surface area (Å²) in [6.45, 7) is 2.29. The van der Waals surface area contributed by atoms with Gasteiger partial charge in [-0.3, -0.25) is 9.59 Å². The fraction of sp³-hybridized carbons (Fsp3) is 0.231. The van der Waals surface area contributed by atoms with E-state index in [1.165, 1.54) is 13.0 Å². The maximum Gasteiger partial charge on any atom is 0.244 e. The Morgan fingerprint density at radius 2 is 1.89 bits per heavy atom. The van der Waals surface area contributed by atoms with Gasteiger partial charge >= 0.3 is 0 Å². The minimum atomic E-state index is -0.184. The summed E-state index contributed by atoms with van der Waals surface area (Å²) < 4.78 is 0.937. The Balaban J connectivity index is 2.36. The van der Waals surface area contributed by atoms with E-state index in [4.69, 9.17) is 0 Å². The number of halogens is 1. The average Bonchev–Trinajstić information content (AvgIpc) is 2.33. The highest BCUT2D eigenvalue weighted by Gasteiger charge is 1.97. The zero-order valence-corrected chi connectivity index (χ0v) is 11.7. The highest BCUT2D eigenvalue weighted by atomic mass is 79.9. The van der Waals surface area contributed by atoms with Gasteiger partial charge in [-0.1, -0.05) is 34.1 Å². The molecule has 5 heteroatoms. The molecule has 0 atom stereocenters. The van der Waals surface area contributed by atoms with E-state index in [9.17, 15) is 9.59 Å². The van der Waals surface area contributed by atoms with Crippen LogP contribution in [0.1, 0.15) is 12.5 Å². The molecule has 0 aliphatic rings. The lowest BCUT2D eigenvalue weighted by Crippen LogP contribution is -2.32. The van der Waals surface area contributed by atoms with E-state index in [0.29, 0.717) is 13.1 Å². The molecule has 0 bridgehead atoms. The van der Waals surface area contributed by atoms with Crippen LogP contribution < -0.4 is 10.6 Å². The second kappa shape index (κ2) is 7.66. The predicted molar refractivity (Wildman–Crippen MR) is 74.9 cm³/mol. The normalized spacial score (nSPS) is 10.3. The van der Waals surface area contributed by atoms with Crippen LogP contribution in [0.15, 0.2) is 34.8 Å². The molecule has 1 aromatic rings. The first-order chi connectivity index (χ1) is 8.59. The number of hydrogen-bond donors (Lipinski definition) is 2. The molecule has 0 radical (unpaired) electrons. The van der Waals surface area contributed by atoms with Crippen molar-refractivity contribution >= 4 is 33.8 Å². The zero-order chi connectivity index (χ0) is 13.4. The largest absolute Gasteiger partial charge is 0.355 e. The van der Waals surface area contributed by atoms with Gasteiger partial charge in [0.2, 0.25) is 11.8 Å².